The second kappa shape index (κ2) is 7.11. The largest absolute Gasteiger partial charge is 0.481 e. The Kier molecular flexibility index (Phi) is 5.20. The van der Waals surface area contributed by atoms with E-state index >= 15 is 0 Å². The molecule has 0 amide bonds. The number of rotatable bonds is 7. The van der Waals surface area contributed by atoms with Crippen LogP contribution >= 0.6 is 11.8 Å². The third-order valence-electron chi connectivity index (χ3n) is 2.90. The molecule has 0 atom stereocenters. The van der Waals surface area contributed by atoms with E-state index < -0.39 is 5.97 Å². The van der Waals surface area contributed by atoms with Gasteiger partial charge in [-0.2, -0.15) is 5.26 Å². The molecular formula is C14H15N3O3S. The van der Waals surface area contributed by atoms with Crippen LogP contribution in [0.15, 0.2) is 23.4 Å². The van der Waals surface area contributed by atoms with E-state index in [1.165, 1.54) is 11.8 Å². The summed E-state index contributed by atoms with van der Waals surface area (Å²) in [5.41, 5.74) is 2.17. The molecular weight excluding hydrogens is 290 g/mol. The highest BCUT2D eigenvalue weighted by Crippen LogP contribution is 2.25. The SMILES string of the molecule is COCCCn1c(SCC(=O)O)nc2ccc(C#N)cc21. The van der Waals surface area contributed by atoms with Crippen molar-refractivity contribution in [2.45, 2.75) is 18.1 Å². The molecule has 1 N–H and O–H groups in total. The molecule has 1 aromatic carbocycles. The normalized spacial score (nSPS) is 10.7. The number of hydrogen-bond acceptors (Lipinski definition) is 5. The quantitative estimate of drug-likeness (QED) is 0.622. The van der Waals surface area contributed by atoms with Gasteiger partial charge < -0.3 is 14.4 Å². The monoisotopic (exact) mass is 305 g/mol. The Labute approximate surface area is 126 Å². The van der Waals surface area contributed by atoms with Crippen molar-refractivity contribution in [1.82, 2.24) is 9.55 Å². The summed E-state index contributed by atoms with van der Waals surface area (Å²) in [5.74, 6) is -0.924. The molecule has 110 valence electrons. The van der Waals surface area contributed by atoms with Crippen molar-refractivity contribution >= 4 is 28.8 Å². The minimum absolute atomic E-state index is 0.0429. The Morgan fingerprint density at radius 1 is 1.57 bits per heavy atom. The van der Waals surface area contributed by atoms with Gasteiger partial charge in [0.15, 0.2) is 5.16 Å². The molecule has 0 bridgehead atoms. The van der Waals surface area contributed by atoms with E-state index in [0.29, 0.717) is 23.9 Å². The lowest BCUT2D eigenvalue weighted by atomic mass is 10.2. The molecule has 1 aromatic heterocycles. The standard InChI is InChI=1S/C14H15N3O3S/c1-20-6-2-5-17-12-7-10(8-15)3-4-11(12)16-14(17)21-9-13(18)19/h3-4,7H,2,5-6,9H2,1H3,(H,18,19). The number of methoxy groups -OCH3 is 1. The van der Waals surface area contributed by atoms with E-state index in [9.17, 15) is 4.79 Å². The zero-order chi connectivity index (χ0) is 15.2. The van der Waals surface area contributed by atoms with Gasteiger partial charge in [-0.15, -0.1) is 0 Å². The van der Waals surface area contributed by atoms with Crippen LogP contribution in [0.3, 0.4) is 0 Å². The Hall–Kier alpha value is -2.04. The fourth-order valence-electron chi connectivity index (χ4n) is 1.99. The highest BCUT2D eigenvalue weighted by atomic mass is 32.2. The van der Waals surface area contributed by atoms with E-state index in [0.717, 1.165) is 17.5 Å². The number of carbonyl (C=O) groups is 1. The molecule has 0 spiro atoms. The van der Waals surface area contributed by atoms with Crippen molar-refractivity contribution in [3.05, 3.63) is 23.8 Å². The molecule has 1 heterocycles. The molecule has 0 aliphatic rings. The van der Waals surface area contributed by atoms with Crippen LogP contribution in [-0.2, 0) is 16.1 Å². The molecule has 0 aliphatic heterocycles. The number of hydrogen-bond donors (Lipinski definition) is 1. The van der Waals surface area contributed by atoms with Gasteiger partial charge in [0.2, 0.25) is 0 Å². The minimum atomic E-state index is -0.881. The maximum Gasteiger partial charge on any atom is 0.313 e. The van der Waals surface area contributed by atoms with Crippen molar-refractivity contribution in [1.29, 1.82) is 5.26 Å². The lowest BCUT2D eigenvalue weighted by Crippen LogP contribution is -2.05. The number of ether oxygens (including phenoxy) is 1. The highest BCUT2D eigenvalue weighted by Gasteiger charge is 2.13. The lowest BCUT2D eigenvalue weighted by molar-refractivity contribution is -0.133. The smallest absolute Gasteiger partial charge is 0.313 e. The fourth-order valence-corrected chi connectivity index (χ4v) is 2.75. The number of fused-ring (bicyclic) bond motifs is 1. The van der Waals surface area contributed by atoms with E-state index in [1.807, 2.05) is 4.57 Å². The highest BCUT2D eigenvalue weighted by molar-refractivity contribution is 7.99. The van der Waals surface area contributed by atoms with Crippen LogP contribution in [0.4, 0.5) is 0 Å². The van der Waals surface area contributed by atoms with Crippen LogP contribution in [0.25, 0.3) is 11.0 Å². The number of thioether (sulfide) groups is 1. The van der Waals surface area contributed by atoms with Gasteiger partial charge in [0.25, 0.3) is 0 Å². The molecule has 0 radical (unpaired) electrons. The number of carboxylic acids is 1. The van der Waals surface area contributed by atoms with Crippen LogP contribution < -0.4 is 0 Å². The van der Waals surface area contributed by atoms with Crippen molar-refractivity contribution < 1.29 is 14.6 Å². The van der Waals surface area contributed by atoms with Gasteiger partial charge in [-0.05, 0) is 24.6 Å². The number of aromatic nitrogens is 2. The molecule has 7 heteroatoms. The summed E-state index contributed by atoms with van der Waals surface area (Å²) in [6.07, 6.45) is 0.791. The predicted molar refractivity (Wildman–Crippen MR) is 79.3 cm³/mol. The molecule has 6 nitrogen and oxygen atoms in total. The number of aryl methyl sites for hydroxylation is 1. The number of nitrogens with zero attached hydrogens (tertiary/aromatic N) is 3. The zero-order valence-corrected chi connectivity index (χ0v) is 12.4. The first-order valence-corrected chi connectivity index (χ1v) is 7.38. The Morgan fingerprint density at radius 3 is 3.05 bits per heavy atom. The summed E-state index contributed by atoms with van der Waals surface area (Å²) >= 11 is 1.18. The van der Waals surface area contributed by atoms with Crippen molar-refractivity contribution in [3.63, 3.8) is 0 Å². The molecule has 0 fully saturated rings. The fraction of sp³-hybridized carbons (Fsp3) is 0.357. The van der Waals surface area contributed by atoms with E-state index in [4.69, 9.17) is 15.1 Å². The Morgan fingerprint density at radius 2 is 2.38 bits per heavy atom. The number of benzene rings is 1. The third-order valence-corrected chi connectivity index (χ3v) is 3.86. The molecule has 2 aromatic rings. The first kappa shape index (κ1) is 15.4. The van der Waals surface area contributed by atoms with Crippen LogP contribution in [0.1, 0.15) is 12.0 Å². The van der Waals surface area contributed by atoms with Crippen molar-refractivity contribution in [3.8, 4) is 6.07 Å². The van der Waals surface area contributed by atoms with Crippen LogP contribution in [0.5, 0.6) is 0 Å². The van der Waals surface area contributed by atoms with Gasteiger partial charge >= 0.3 is 5.97 Å². The third kappa shape index (κ3) is 3.74. The van der Waals surface area contributed by atoms with Gasteiger partial charge in [-0.3, -0.25) is 4.79 Å². The van der Waals surface area contributed by atoms with Crippen molar-refractivity contribution in [2.24, 2.45) is 0 Å². The lowest BCUT2D eigenvalue weighted by Gasteiger charge is -2.08. The number of nitriles is 1. The van der Waals surface area contributed by atoms with Crippen molar-refractivity contribution in [2.75, 3.05) is 19.5 Å². The molecule has 0 unspecified atom stereocenters. The van der Waals surface area contributed by atoms with Crippen LogP contribution in [0, 0.1) is 11.3 Å². The summed E-state index contributed by atoms with van der Waals surface area (Å²) < 4.78 is 7.00. The summed E-state index contributed by atoms with van der Waals surface area (Å²) in [4.78, 5) is 15.2. The molecule has 0 aliphatic carbocycles. The summed E-state index contributed by atoms with van der Waals surface area (Å²) in [6.45, 7) is 1.28. The molecule has 21 heavy (non-hydrogen) atoms. The molecule has 0 saturated carbocycles. The average molecular weight is 305 g/mol. The molecule has 0 saturated heterocycles. The maximum atomic E-state index is 10.7. The summed E-state index contributed by atoms with van der Waals surface area (Å²) in [6, 6.07) is 7.38. The zero-order valence-electron chi connectivity index (χ0n) is 11.6. The number of imidazole rings is 1. The molecule has 2 rings (SSSR count). The second-order valence-corrected chi connectivity index (χ2v) is 5.33. The van der Waals surface area contributed by atoms with Gasteiger partial charge in [0.1, 0.15) is 0 Å². The number of carboxylic acid groups (broad SMARTS) is 1. The Balaban J connectivity index is 2.37. The average Bonchev–Trinajstić information content (AvgIpc) is 2.82. The maximum absolute atomic E-state index is 10.7. The van der Waals surface area contributed by atoms with E-state index in [2.05, 4.69) is 11.1 Å². The van der Waals surface area contributed by atoms with Crippen LogP contribution in [0.2, 0.25) is 0 Å². The van der Waals surface area contributed by atoms with Crippen LogP contribution in [-0.4, -0.2) is 40.1 Å². The van der Waals surface area contributed by atoms with E-state index in [-0.39, 0.29) is 5.75 Å². The first-order chi connectivity index (χ1) is 10.2. The topological polar surface area (TPSA) is 88.1 Å². The van der Waals surface area contributed by atoms with Gasteiger partial charge in [0.05, 0.1) is 28.4 Å². The number of aliphatic carboxylic acids is 1. The Bertz CT molecular complexity index is 691. The predicted octanol–water partition coefficient (Wildman–Crippen LogP) is 2.12. The summed E-state index contributed by atoms with van der Waals surface area (Å²) in [7, 11) is 1.64. The summed E-state index contributed by atoms with van der Waals surface area (Å²) in [5, 5.41) is 18.5. The second-order valence-electron chi connectivity index (χ2n) is 4.39. The van der Waals surface area contributed by atoms with Gasteiger partial charge in [-0.1, -0.05) is 11.8 Å². The van der Waals surface area contributed by atoms with Gasteiger partial charge in [0, 0.05) is 20.3 Å². The van der Waals surface area contributed by atoms with E-state index in [1.54, 1.807) is 25.3 Å². The first-order valence-electron chi connectivity index (χ1n) is 6.39. The van der Waals surface area contributed by atoms with Gasteiger partial charge in [-0.25, -0.2) is 4.98 Å². The minimum Gasteiger partial charge on any atom is -0.481 e.